The molecule has 0 aliphatic heterocycles. The molecule has 1 saturated carbocycles. The van der Waals surface area contributed by atoms with Crippen molar-refractivity contribution in [2.45, 2.75) is 25.8 Å². The predicted molar refractivity (Wildman–Crippen MR) is 63.1 cm³/mol. The third-order valence-electron chi connectivity index (χ3n) is 2.70. The minimum atomic E-state index is 0. The van der Waals surface area contributed by atoms with Crippen LogP contribution in [0, 0.1) is 12.8 Å². The molecule has 78 valence electrons. The van der Waals surface area contributed by atoms with Gasteiger partial charge < -0.3 is 5.73 Å². The first-order valence-corrected chi connectivity index (χ1v) is 5.08. The van der Waals surface area contributed by atoms with Crippen LogP contribution in [-0.4, -0.2) is 0 Å². The van der Waals surface area contributed by atoms with Gasteiger partial charge in [0.05, 0.1) is 0 Å². The van der Waals surface area contributed by atoms with E-state index in [0.717, 1.165) is 10.6 Å². The van der Waals surface area contributed by atoms with E-state index in [4.69, 9.17) is 17.3 Å². The van der Waals surface area contributed by atoms with E-state index < -0.39 is 0 Å². The van der Waals surface area contributed by atoms with Crippen molar-refractivity contribution < 1.29 is 0 Å². The maximum Gasteiger partial charge on any atom is 0.0435 e. The molecule has 0 heterocycles. The molecular formula is C11H15Cl2N. The number of hydrogen-bond donors (Lipinski definition) is 1. The molecule has 3 heteroatoms. The minimum Gasteiger partial charge on any atom is -0.324 e. The van der Waals surface area contributed by atoms with E-state index in [1.54, 1.807) is 0 Å². The SMILES string of the molecule is Cc1cc([C@H](N)C2CC2)ccc1Cl.Cl. The highest BCUT2D eigenvalue weighted by atomic mass is 35.5. The molecule has 0 saturated heterocycles. The Morgan fingerprint density at radius 1 is 1.43 bits per heavy atom. The zero-order valence-electron chi connectivity index (χ0n) is 8.16. The lowest BCUT2D eigenvalue weighted by atomic mass is 10.0. The fourth-order valence-electron chi connectivity index (χ4n) is 1.60. The van der Waals surface area contributed by atoms with E-state index in [-0.39, 0.29) is 18.4 Å². The monoisotopic (exact) mass is 231 g/mol. The molecule has 14 heavy (non-hydrogen) atoms. The largest absolute Gasteiger partial charge is 0.324 e. The van der Waals surface area contributed by atoms with Gasteiger partial charge in [0.25, 0.3) is 0 Å². The average Bonchev–Trinajstić information content (AvgIpc) is 2.91. The zero-order chi connectivity index (χ0) is 9.42. The molecule has 1 aliphatic carbocycles. The van der Waals surface area contributed by atoms with Gasteiger partial charge in [-0.2, -0.15) is 0 Å². The Morgan fingerprint density at radius 2 is 2.07 bits per heavy atom. The van der Waals surface area contributed by atoms with Gasteiger partial charge in [0.2, 0.25) is 0 Å². The summed E-state index contributed by atoms with van der Waals surface area (Å²) in [5.41, 5.74) is 8.42. The summed E-state index contributed by atoms with van der Waals surface area (Å²) in [6, 6.07) is 6.30. The van der Waals surface area contributed by atoms with Gasteiger partial charge in [-0.05, 0) is 42.9 Å². The summed E-state index contributed by atoms with van der Waals surface area (Å²) in [6.07, 6.45) is 2.56. The number of aryl methyl sites for hydroxylation is 1. The normalized spacial score (nSPS) is 17.4. The lowest BCUT2D eigenvalue weighted by Gasteiger charge is -2.11. The Kier molecular flexibility index (Phi) is 3.82. The lowest BCUT2D eigenvalue weighted by molar-refractivity contribution is 0.633. The van der Waals surface area contributed by atoms with Crippen LogP contribution in [0.3, 0.4) is 0 Å². The Morgan fingerprint density at radius 3 is 2.57 bits per heavy atom. The topological polar surface area (TPSA) is 26.0 Å². The predicted octanol–water partition coefficient (Wildman–Crippen LogP) is 3.48. The third-order valence-corrected chi connectivity index (χ3v) is 3.12. The van der Waals surface area contributed by atoms with Crippen LogP contribution < -0.4 is 5.73 Å². The highest BCUT2D eigenvalue weighted by molar-refractivity contribution is 6.31. The van der Waals surface area contributed by atoms with Crippen LogP contribution in [0.2, 0.25) is 5.02 Å². The van der Waals surface area contributed by atoms with Crippen molar-refractivity contribution in [3.8, 4) is 0 Å². The van der Waals surface area contributed by atoms with Crippen LogP contribution in [-0.2, 0) is 0 Å². The number of nitrogens with two attached hydrogens (primary N) is 1. The quantitative estimate of drug-likeness (QED) is 0.829. The zero-order valence-corrected chi connectivity index (χ0v) is 9.74. The van der Waals surface area contributed by atoms with E-state index in [1.807, 2.05) is 19.1 Å². The van der Waals surface area contributed by atoms with Crippen molar-refractivity contribution in [2.24, 2.45) is 11.7 Å². The maximum absolute atomic E-state index is 6.08. The van der Waals surface area contributed by atoms with Crippen molar-refractivity contribution >= 4 is 24.0 Å². The second kappa shape index (κ2) is 4.52. The van der Waals surface area contributed by atoms with Gasteiger partial charge in [0.1, 0.15) is 0 Å². The Hall–Kier alpha value is -0.240. The molecule has 0 amide bonds. The van der Waals surface area contributed by atoms with Crippen LogP contribution in [0.15, 0.2) is 18.2 Å². The van der Waals surface area contributed by atoms with E-state index in [0.29, 0.717) is 5.92 Å². The van der Waals surface area contributed by atoms with Crippen LogP contribution >= 0.6 is 24.0 Å². The molecule has 0 radical (unpaired) electrons. The highest BCUT2D eigenvalue weighted by Crippen LogP contribution is 2.39. The van der Waals surface area contributed by atoms with Crippen LogP contribution in [0.25, 0.3) is 0 Å². The maximum atomic E-state index is 6.08. The average molecular weight is 232 g/mol. The van der Waals surface area contributed by atoms with Crippen molar-refractivity contribution in [1.29, 1.82) is 0 Å². The molecule has 1 aromatic carbocycles. The van der Waals surface area contributed by atoms with E-state index in [2.05, 4.69) is 6.07 Å². The van der Waals surface area contributed by atoms with E-state index in [1.165, 1.54) is 18.4 Å². The van der Waals surface area contributed by atoms with Crippen molar-refractivity contribution in [3.63, 3.8) is 0 Å². The van der Waals surface area contributed by atoms with Gasteiger partial charge in [0, 0.05) is 11.1 Å². The van der Waals surface area contributed by atoms with Gasteiger partial charge in [-0.1, -0.05) is 23.7 Å². The van der Waals surface area contributed by atoms with Gasteiger partial charge in [-0.25, -0.2) is 0 Å². The van der Waals surface area contributed by atoms with Crippen LogP contribution in [0.1, 0.15) is 30.0 Å². The molecule has 1 fully saturated rings. The van der Waals surface area contributed by atoms with E-state index >= 15 is 0 Å². The Labute approximate surface area is 96.0 Å². The molecule has 2 N–H and O–H groups in total. The number of rotatable bonds is 2. The fraction of sp³-hybridized carbons (Fsp3) is 0.455. The van der Waals surface area contributed by atoms with Crippen molar-refractivity contribution in [1.82, 2.24) is 0 Å². The van der Waals surface area contributed by atoms with Gasteiger partial charge in [-0.15, -0.1) is 12.4 Å². The van der Waals surface area contributed by atoms with E-state index in [9.17, 15) is 0 Å². The third kappa shape index (κ3) is 2.41. The Bertz CT molecular complexity index is 321. The first kappa shape index (κ1) is 11.8. The Balaban J connectivity index is 0.000000980. The minimum absolute atomic E-state index is 0. The second-order valence-corrected chi connectivity index (χ2v) is 4.28. The summed E-state index contributed by atoms with van der Waals surface area (Å²) in [6.45, 7) is 2.02. The van der Waals surface area contributed by atoms with Crippen molar-refractivity contribution in [2.75, 3.05) is 0 Å². The molecule has 1 atom stereocenters. The standard InChI is InChI=1S/C11H14ClN.ClH/c1-7-6-9(4-5-10(7)12)11(13)8-2-3-8;/h4-6,8,11H,2-3,13H2,1H3;1H/t11-;/m1./s1. The smallest absolute Gasteiger partial charge is 0.0435 e. The molecule has 0 aromatic heterocycles. The summed E-state index contributed by atoms with van der Waals surface area (Å²) in [5, 5.41) is 0.826. The summed E-state index contributed by atoms with van der Waals surface area (Å²) in [5.74, 6) is 0.709. The van der Waals surface area contributed by atoms with Crippen molar-refractivity contribution in [3.05, 3.63) is 34.3 Å². The molecular weight excluding hydrogens is 217 g/mol. The van der Waals surface area contributed by atoms with Gasteiger partial charge in [-0.3, -0.25) is 0 Å². The summed E-state index contributed by atoms with van der Waals surface area (Å²) in [7, 11) is 0. The number of benzene rings is 1. The highest BCUT2D eigenvalue weighted by Gasteiger charge is 2.29. The first-order valence-electron chi connectivity index (χ1n) is 4.70. The van der Waals surface area contributed by atoms with Crippen LogP contribution in [0.4, 0.5) is 0 Å². The summed E-state index contributed by atoms with van der Waals surface area (Å²) in [4.78, 5) is 0. The summed E-state index contributed by atoms with van der Waals surface area (Å²) >= 11 is 5.94. The molecule has 0 bridgehead atoms. The second-order valence-electron chi connectivity index (χ2n) is 3.87. The number of halogens is 2. The molecule has 2 rings (SSSR count). The fourth-order valence-corrected chi connectivity index (χ4v) is 1.72. The molecule has 0 unspecified atom stereocenters. The molecule has 0 spiro atoms. The van der Waals surface area contributed by atoms with Crippen LogP contribution in [0.5, 0.6) is 0 Å². The number of hydrogen-bond acceptors (Lipinski definition) is 1. The van der Waals surface area contributed by atoms with Gasteiger partial charge in [0.15, 0.2) is 0 Å². The molecule has 1 aliphatic rings. The first-order chi connectivity index (χ1) is 6.18. The lowest BCUT2D eigenvalue weighted by Crippen LogP contribution is -2.12. The molecule has 1 nitrogen and oxygen atoms in total. The summed E-state index contributed by atoms with van der Waals surface area (Å²) < 4.78 is 0. The molecule has 1 aromatic rings. The van der Waals surface area contributed by atoms with Gasteiger partial charge >= 0.3 is 0 Å².